The Labute approximate surface area is 123 Å². The highest BCUT2D eigenvalue weighted by molar-refractivity contribution is 5.91. The SMILES string of the molecule is CN(C(=O)N1CCC(CCC(=O)O)C1)c1cccc(O)c1. The fraction of sp³-hybridized carbons (Fsp3) is 0.467. The van der Waals surface area contributed by atoms with Crippen LogP contribution in [0.2, 0.25) is 0 Å². The Morgan fingerprint density at radius 1 is 1.43 bits per heavy atom. The first-order valence-electron chi connectivity index (χ1n) is 7.01. The van der Waals surface area contributed by atoms with Crippen molar-refractivity contribution in [2.45, 2.75) is 19.3 Å². The molecule has 1 aliphatic rings. The summed E-state index contributed by atoms with van der Waals surface area (Å²) in [5.41, 5.74) is 0.633. The van der Waals surface area contributed by atoms with Crippen LogP contribution in [0.1, 0.15) is 19.3 Å². The molecule has 114 valence electrons. The van der Waals surface area contributed by atoms with E-state index in [4.69, 9.17) is 5.11 Å². The maximum atomic E-state index is 12.4. The Morgan fingerprint density at radius 2 is 2.19 bits per heavy atom. The first kappa shape index (κ1) is 15.2. The number of carboxylic acids is 1. The second-order valence-electron chi connectivity index (χ2n) is 5.39. The largest absolute Gasteiger partial charge is 0.508 e. The Morgan fingerprint density at radius 3 is 2.86 bits per heavy atom. The van der Waals surface area contributed by atoms with Gasteiger partial charge in [0.2, 0.25) is 0 Å². The van der Waals surface area contributed by atoms with Crippen LogP contribution in [-0.2, 0) is 4.79 Å². The number of aromatic hydroxyl groups is 1. The molecule has 1 aromatic carbocycles. The lowest BCUT2D eigenvalue weighted by Gasteiger charge is -2.25. The molecular weight excluding hydrogens is 272 g/mol. The van der Waals surface area contributed by atoms with Crippen molar-refractivity contribution in [1.29, 1.82) is 0 Å². The van der Waals surface area contributed by atoms with Crippen LogP contribution in [0.4, 0.5) is 10.5 Å². The molecule has 0 bridgehead atoms. The number of carbonyl (C=O) groups excluding carboxylic acids is 1. The molecule has 0 radical (unpaired) electrons. The number of urea groups is 1. The Hall–Kier alpha value is -2.24. The highest BCUT2D eigenvalue weighted by atomic mass is 16.4. The van der Waals surface area contributed by atoms with Gasteiger partial charge in [0, 0.05) is 38.3 Å². The molecule has 0 aliphatic carbocycles. The van der Waals surface area contributed by atoms with Gasteiger partial charge in [0.25, 0.3) is 0 Å². The molecule has 0 spiro atoms. The first-order valence-corrected chi connectivity index (χ1v) is 7.01. The number of phenols is 1. The summed E-state index contributed by atoms with van der Waals surface area (Å²) in [5.74, 6) is -0.424. The summed E-state index contributed by atoms with van der Waals surface area (Å²) in [7, 11) is 1.67. The fourth-order valence-electron chi connectivity index (χ4n) is 2.59. The molecule has 1 aliphatic heterocycles. The lowest BCUT2D eigenvalue weighted by Crippen LogP contribution is -2.40. The van der Waals surface area contributed by atoms with Gasteiger partial charge in [0.05, 0.1) is 0 Å². The summed E-state index contributed by atoms with van der Waals surface area (Å²) in [6.07, 6.45) is 1.59. The van der Waals surface area contributed by atoms with Crippen LogP contribution in [0.5, 0.6) is 5.75 Å². The third kappa shape index (κ3) is 3.87. The highest BCUT2D eigenvalue weighted by Gasteiger charge is 2.28. The second kappa shape index (κ2) is 6.47. The molecule has 6 nitrogen and oxygen atoms in total. The van der Waals surface area contributed by atoms with Crippen LogP contribution in [-0.4, -0.2) is 47.3 Å². The molecule has 0 aromatic heterocycles. The lowest BCUT2D eigenvalue weighted by atomic mass is 10.0. The van der Waals surface area contributed by atoms with E-state index >= 15 is 0 Å². The predicted octanol–water partition coefficient (Wildman–Crippen LogP) is 2.14. The van der Waals surface area contributed by atoms with E-state index in [-0.39, 0.29) is 24.1 Å². The molecule has 1 aromatic rings. The van der Waals surface area contributed by atoms with E-state index in [0.29, 0.717) is 25.2 Å². The third-order valence-electron chi connectivity index (χ3n) is 3.83. The Kier molecular flexibility index (Phi) is 4.67. The van der Waals surface area contributed by atoms with Crippen LogP contribution in [0, 0.1) is 5.92 Å². The molecule has 1 atom stereocenters. The number of hydrogen-bond acceptors (Lipinski definition) is 3. The molecule has 2 rings (SSSR count). The molecule has 0 saturated carbocycles. The zero-order valence-electron chi connectivity index (χ0n) is 12.0. The van der Waals surface area contributed by atoms with Crippen molar-refractivity contribution in [1.82, 2.24) is 4.90 Å². The van der Waals surface area contributed by atoms with E-state index in [9.17, 15) is 14.7 Å². The molecule has 1 heterocycles. The monoisotopic (exact) mass is 292 g/mol. The average molecular weight is 292 g/mol. The summed E-state index contributed by atoms with van der Waals surface area (Å²) >= 11 is 0. The molecule has 2 amide bonds. The minimum absolute atomic E-state index is 0.118. The third-order valence-corrected chi connectivity index (χ3v) is 3.83. The van der Waals surface area contributed by atoms with Gasteiger partial charge in [-0.25, -0.2) is 4.79 Å². The van der Waals surface area contributed by atoms with Crippen molar-refractivity contribution in [3.05, 3.63) is 24.3 Å². The van der Waals surface area contributed by atoms with E-state index in [2.05, 4.69) is 0 Å². The molecule has 1 unspecified atom stereocenters. The zero-order valence-corrected chi connectivity index (χ0v) is 12.0. The summed E-state index contributed by atoms with van der Waals surface area (Å²) in [5, 5.41) is 18.2. The number of hydrogen-bond donors (Lipinski definition) is 2. The lowest BCUT2D eigenvalue weighted by molar-refractivity contribution is -0.137. The van der Waals surface area contributed by atoms with Gasteiger partial charge in [-0.05, 0) is 30.9 Å². The van der Waals surface area contributed by atoms with Gasteiger partial charge < -0.3 is 15.1 Å². The maximum absolute atomic E-state index is 12.4. The van der Waals surface area contributed by atoms with Gasteiger partial charge >= 0.3 is 12.0 Å². The molecular formula is C15H20N2O4. The second-order valence-corrected chi connectivity index (χ2v) is 5.39. The number of phenolic OH excluding ortho intramolecular Hbond substituents is 1. The molecule has 6 heteroatoms. The summed E-state index contributed by atoms with van der Waals surface area (Å²) in [6, 6.07) is 6.41. The summed E-state index contributed by atoms with van der Waals surface area (Å²) in [6.45, 7) is 1.24. The van der Waals surface area contributed by atoms with Crippen LogP contribution in [0.25, 0.3) is 0 Å². The van der Waals surface area contributed by atoms with Crippen molar-refractivity contribution in [3.63, 3.8) is 0 Å². The number of rotatable bonds is 4. The fourth-order valence-corrected chi connectivity index (χ4v) is 2.59. The summed E-state index contributed by atoms with van der Waals surface area (Å²) in [4.78, 5) is 26.2. The number of nitrogens with zero attached hydrogens (tertiary/aromatic N) is 2. The van der Waals surface area contributed by atoms with Crippen LogP contribution in [0.3, 0.4) is 0 Å². The number of carbonyl (C=O) groups is 2. The van der Waals surface area contributed by atoms with Gasteiger partial charge in [-0.2, -0.15) is 0 Å². The molecule has 21 heavy (non-hydrogen) atoms. The quantitative estimate of drug-likeness (QED) is 0.891. The minimum Gasteiger partial charge on any atom is -0.508 e. The van der Waals surface area contributed by atoms with Crippen molar-refractivity contribution in [2.24, 2.45) is 5.92 Å². The summed E-state index contributed by atoms with van der Waals surface area (Å²) < 4.78 is 0. The molecule has 1 fully saturated rings. The maximum Gasteiger partial charge on any atom is 0.324 e. The number of likely N-dealkylation sites (tertiary alicyclic amines) is 1. The van der Waals surface area contributed by atoms with E-state index in [0.717, 1.165) is 6.42 Å². The smallest absolute Gasteiger partial charge is 0.324 e. The van der Waals surface area contributed by atoms with Gasteiger partial charge in [-0.15, -0.1) is 0 Å². The topological polar surface area (TPSA) is 81.1 Å². The van der Waals surface area contributed by atoms with Crippen molar-refractivity contribution in [3.8, 4) is 5.75 Å². The number of benzene rings is 1. The number of amides is 2. The zero-order chi connectivity index (χ0) is 15.4. The van der Waals surface area contributed by atoms with Crippen molar-refractivity contribution in [2.75, 3.05) is 25.0 Å². The van der Waals surface area contributed by atoms with Gasteiger partial charge in [-0.3, -0.25) is 9.69 Å². The van der Waals surface area contributed by atoms with E-state index in [1.165, 1.54) is 11.0 Å². The number of anilines is 1. The van der Waals surface area contributed by atoms with Crippen LogP contribution < -0.4 is 4.90 Å². The Balaban J connectivity index is 1.93. The Bertz CT molecular complexity index is 532. The normalized spacial score (nSPS) is 17.8. The van der Waals surface area contributed by atoms with Crippen LogP contribution >= 0.6 is 0 Å². The molecule has 2 N–H and O–H groups in total. The van der Waals surface area contributed by atoms with Crippen molar-refractivity contribution < 1.29 is 19.8 Å². The average Bonchev–Trinajstić information content (AvgIpc) is 2.92. The first-order chi connectivity index (χ1) is 9.97. The predicted molar refractivity (Wildman–Crippen MR) is 78.5 cm³/mol. The van der Waals surface area contributed by atoms with E-state index in [1.807, 2.05) is 0 Å². The number of carboxylic acid groups (broad SMARTS) is 1. The standard InChI is InChI=1S/C15H20N2O4/c1-16(12-3-2-4-13(18)9-12)15(21)17-8-7-11(10-17)5-6-14(19)20/h2-4,9,11,18H,5-8,10H2,1H3,(H,19,20). The van der Waals surface area contributed by atoms with Crippen LogP contribution in [0.15, 0.2) is 24.3 Å². The molecule has 1 saturated heterocycles. The number of aliphatic carboxylic acids is 1. The van der Waals surface area contributed by atoms with Gasteiger partial charge in [-0.1, -0.05) is 6.07 Å². The van der Waals surface area contributed by atoms with Crippen molar-refractivity contribution >= 4 is 17.7 Å². The minimum atomic E-state index is -0.795. The van der Waals surface area contributed by atoms with E-state index in [1.54, 1.807) is 30.1 Å². The van der Waals surface area contributed by atoms with E-state index < -0.39 is 5.97 Å². The van der Waals surface area contributed by atoms with Gasteiger partial charge in [0.15, 0.2) is 0 Å². The van der Waals surface area contributed by atoms with Gasteiger partial charge in [0.1, 0.15) is 5.75 Å². The highest BCUT2D eigenvalue weighted by Crippen LogP contribution is 2.25.